The first-order chi connectivity index (χ1) is 17.1. The van der Waals surface area contributed by atoms with Gasteiger partial charge in [0.1, 0.15) is 22.6 Å². The molecule has 0 aliphatic carbocycles. The molecule has 0 saturated heterocycles. The fourth-order valence-electron chi connectivity index (χ4n) is 3.91. The van der Waals surface area contributed by atoms with Crippen molar-refractivity contribution in [2.75, 3.05) is 19.0 Å². The molecule has 35 heavy (non-hydrogen) atoms. The summed E-state index contributed by atoms with van der Waals surface area (Å²) in [6.45, 7) is 1.89. The van der Waals surface area contributed by atoms with E-state index in [9.17, 15) is 9.59 Å². The number of rotatable bonds is 6. The summed E-state index contributed by atoms with van der Waals surface area (Å²) < 4.78 is 12.4. The zero-order chi connectivity index (χ0) is 24.4. The Bertz CT molecular complexity index is 1540. The van der Waals surface area contributed by atoms with Crippen molar-refractivity contribution in [3.05, 3.63) is 90.0 Å². The van der Waals surface area contributed by atoms with Crippen LogP contribution in [0.2, 0.25) is 0 Å². The van der Waals surface area contributed by atoms with Crippen molar-refractivity contribution in [3.63, 3.8) is 0 Å². The summed E-state index contributed by atoms with van der Waals surface area (Å²) in [5, 5.41) is 2.92. The number of hydrogen-bond donors (Lipinski definition) is 1. The van der Waals surface area contributed by atoms with E-state index in [1.807, 2.05) is 42.5 Å². The molecule has 2 heterocycles. The Kier molecular flexibility index (Phi) is 5.85. The van der Waals surface area contributed by atoms with Gasteiger partial charge in [-0.1, -0.05) is 30.3 Å². The fourth-order valence-corrected chi connectivity index (χ4v) is 3.91. The van der Waals surface area contributed by atoms with Crippen molar-refractivity contribution in [3.8, 4) is 11.4 Å². The van der Waals surface area contributed by atoms with E-state index in [1.165, 1.54) is 0 Å². The van der Waals surface area contributed by atoms with E-state index in [4.69, 9.17) is 19.4 Å². The van der Waals surface area contributed by atoms with Gasteiger partial charge in [0.2, 0.25) is 0 Å². The van der Waals surface area contributed by atoms with Crippen LogP contribution in [0.1, 0.15) is 27.6 Å². The number of ether oxygens (including phenoxy) is 2. The Balaban J connectivity index is 1.82. The highest BCUT2D eigenvalue weighted by Crippen LogP contribution is 2.34. The topological polar surface area (TPSA) is 95.3 Å². The Labute approximate surface area is 201 Å². The molecule has 5 aromatic rings. The van der Waals surface area contributed by atoms with Crippen LogP contribution < -0.4 is 10.1 Å². The lowest BCUT2D eigenvalue weighted by atomic mass is 10.2. The number of aromatic nitrogens is 3. The van der Waals surface area contributed by atoms with Crippen LogP contribution in [0, 0.1) is 0 Å². The molecule has 0 spiro atoms. The number of anilines is 1. The minimum Gasteiger partial charge on any atom is -0.497 e. The van der Waals surface area contributed by atoms with Crippen molar-refractivity contribution in [1.29, 1.82) is 0 Å². The van der Waals surface area contributed by atoms with Crippen LogP contribution in [-0.2, 0) is 4.74 Å². The average molecular weight is 466 g/mol. The van der Waals surface area contributed by atoms with Gasteiger partial charge in [0.05, 0.1) is 24.8 Å². The minimum atomic E-state index is -0.599. The molecular weight excluding hydrogens is 444 g/mol. The quantitative estimate of drug-likeness (QED) is 0.354. The number of nitrogens with zero attached hydrogens (tertiary/aromatic N) is 3. The van der Waals surface area contributed by atoms with Crippen LogP contribution in [0.25, 0.3) is 27.9 Å². The molecule has 0 bridgehead atoms. The number of benzene rings is 3. The summed E-state index contributed by atoms with van der Waals surface area (Å²) in [5.41, 5.74) is 3.28. The van der Waals surface area contributed by atoms with Crippen molar-refractivity contribution in [1.82, 2.24) is 14.5 Å². The van der Waals surface area contributed by atoms with Gasteiger partial charge in [-0.15, -0.1) is 0 Å². The Morgan fingerprint density at radius 3 is 2.20 bits per heavy atom. The molecule has 5 rings (SSSR count). The zero-order valence-electron chi connectivity index (χ0n) is 19.2. The number of para-hydroxylation sites is 2. The fraction of sp³-hybridized carbons (Fsp3) is 0.111. The molecule has 1 N–H and O–H groups in total. The summed E-state index contributed by atoms with van der Waals surface area (Å²) in [4.78, 5) is 36.0. The molecule has 3 aromatic carbocycles. The van der Waals surface area contributed by atoms with Crippen LogP contribution in [-0.4, -0.2) is 40.1 Å². The van der Waals surface area contributed by atoms with Crippen molar-refractivity contribution < 1.29 is 19.1 Å². The van der Waals surface area contributed by atoms with E-state index in [0.29, 0.717) is 39.2 Å². The summed E-state index contributed by atoms with van der Waals surface area (Å²) in [5.74, 6) is -0.0778. The number of hydrogen-bond acceptors (Lipinski definition) is 6. The van der Waals surface area contributed by atoms with E-state index in [-0.39, 0.29) is 23.9 Å². The molecule has 8 nitrogen and oxygen atoms in total. The van der Waals surface area contributed by atoms with E-state index in [0.717, 1.165) is 0 Å². The van der Waals surface area contributed by atoms with Crippen LogP contribution in [0.15, 0.2) is 78.9 Å². The van der Waals surface area contributed by atoms with Gasteiger partial charge in [0.15, 0.2) is 5.65 Å². The second-order valence-electron chi connectivity index (χ2n) is 7.68. The molecule has 0 unspecified atom stereocenters. The maximum atomic E-state index is 13.2. The standard InChI is InChI=1S/C27H22N4O4/c1-3-35-27(33)22-23-25(29-21-12-8-7-11-20(21)28-23)31(18-13-15-19(34-2)16-14-18)24(22)30-26(32)17-9-5-4-6-10-17/h4-16H,3H2,1-2H3,(H,30,32). The average Bonchev–Trinajstić information content (AvgIpc) is 3.20. The van der Waals surface area contributed by atoms with Gasteiger partial charge in [0.25, 0.3) is 5.91 Å². The Morgan fingerprint density at radius 1 is 0.886 bits per heavy atom. The van der Waals surface area contributed by atoms with Gasteiger partial charge in [-0.05, 0) is 55.5 Å². The highest BCUT2D eigenvalue weighted by molar-refractivity contribution is 6.14. The number of methoxy groups -OCH3 is 1. The molecule has 0 atom stereocenters. The van der Waals surface area contributed by atoms with Gasteiger partial charge in [-0.25, -0.2) is 14.8 Å². The van der Waals surface area contributed by atoms with Crippen molar-refractivity contribution in [2.24, 2.45) is 0 Å². The van der Waals surface area contributed by atoms with Gasteiger partial charge in [-0.2, -0.15) is 0 Å². The van der Waals surface area contributed by atoms with Crippen LogP contribution in [0.3, 0.4) is 0 Å². The minimum absolute atomic E-state index is 0.139. The van der Waals surface area contributed by atoms with Crippen molar-refractivity contribution >= 4 is 39.9 Å². The maximum absolute atomic E-state index is 13.2. The molecule has 174 valence electrons. The summed E-state index contributed by atoms with van der Waals surface area (Å²) in [7, 11) is 1.59. The number of fused-ring (bicyclic) bond motifs is 2. The molecule has 0 aliphatic rings. The predicted octanol–water partition coefficient (Wildman–Crippen LogP) is 5.01. The van der Waals surface area contributed by atoms with E-state index in [1.54, 1.807) is 55.0 Å². The summed E-state index contributed by atoms with van der Waals surface area (Å²) in [6.07, 6.45) is 0. The molecule has 0 fully saturated rings. The number of carbonyl (C=O) groups is 2. The third-order valence-corrected chi connectivity index (χ3v) is 5.54. The zero-order valence-corrected chi connectivity index (χ0v) is 19.2. The lowest BCUT2D eigenvalue weighted by molar-refractivity contribution is 0.0529. The maximum Gasteiger partial charge on any atom is 0.344 e. The molecule has 0 aliphatic heterocycles. The highest BCUT2D eigenvalue weighted by Gasteiger charge is 2.29. The predicted molar refractivity (Wildman–Crippen MR) is 133 cm³/mol. The lowest BCUT2D eigenvalue weighted by Crippen LogP contribution is -2.18. The second kappa shape index (κ2) is 9.26. The van der Waals surface area contributed by atoms with Crippen molar-refractivity contribution in [2.45, 2.75) is 6.92 Å². The Hall–Kier alpha value is -4.72. The van der Waals surface area contributed by atoms with Gasteiger partial charge < -0.3 is 14.8 Å². The highest BCUT2D eigenvalue weighted by atomic mass is 16.5. The number of amides is 1. The molecular formula is C27H22N4O4. The number of nitrogens with one attached hydrogen (secondary N) is 1. The number of esters is 1. The molecule has 2 aromatic heterocycles. The van der Waals surface area contributed by atoms with Crippen LogP contribution in [0.4, 0.5) is 5.82 Å². The van der Waals surface area contributed by atoms with E-state index in [2.05, 4.69) is 5.32 Å². The first-order valence-corrected chi connectivity index (χ1v) is 11.1. The molecule has 8 heteroatoms. The SMILES string of the molecule is CCOC(=O)c1c(NC(=O)c2ccccc2)n(-c2ccc(OC)cc2)c2nc3ccccc3nc12. The third kappa shape index (κ3) is 4.06. The first-order valence-electron chi connectivity index (χ1n) is 11.1. The molecule has 0 radical (unpaired) electrons. The molecule has 1 amide bonds. The van der Waals surface area contributed by atoms with Gasteiger partial charge in [-0.3, -0.25) is 9.36 Å². The first kappa shape index (κ1) is 22.1. The second-order valence-corrected chi connectivity index (χ2v) is 7.68. The summed E-state index contributed by atoms with van der Waals surface area (Å²) >= 11 is 0. The molecule has 0 saturated carbocycles. The van der Waals surface area contributed by atoms with Crippen LogP contribution >= 0.6 is 0 Å². The van der Waals surface area contributed by atoms with E-state index >= 15 is 0 Å². The normalized spacial score (nSPS) is 10.9. The largest absolute Gasteiger partial charge is 0.497 e. The van der Waals surface area contributed by atoms with Crippen LogP contribution in [0.5, 0.6) is 5.75 Å². The van der Waals surface area contributed by atoms with Gasteiger partial charge in [0, 0.05) is 11.3 Å². The van der Waals surface area contributed by atoms with E-state index < -0.39 is 5.97 Å². The van der Waals surface area contributed by atoms with Gasteiger partial charge >= 0.3 is 5.97 Å². The summed E-state index contributed by atoms with van der Waals surface area (Å²) in [6, 6.07) is 23.4. The Morgan fingerprint density at radius 2 is 1.54 bits per heavy atom. The monoisotopic (exact) mass is 466 g/mol. The third-order valence-electron chi connectivity index (χ3n) is 5.54. The lowest BCUT2D eigenvalue weighted by Gasteiger charge is -2.13. The number of carbonyl (C=O) groups excluding carboxylic acids is 2. The smallest absolute Gasteiger partial charge is 0.344 e.